The van der Waals surface area contributed by atoms with Crippen molar-refractivity contribution in [2.24, 2.45) is 0 Å². The maximum absolute atomic E-state index is 11.2. The molecule has 1 rings (SSSR count). The van der Waals surface area contributed by atoms with Gasteiger partial charge in [-0.1, -0.05) is 0 Å². The van der Waals surface area contributed by atoms with Crippen molar-refractivity contribution in [2.45, 2.75) is 6.54 Å². The van der Waals surface area contributed by atoms with E-state index in [0.717, 1.165) is 5.01 Å². The highest BCUT2D eigenvalue weighted by Gasteiger charge is 2.00. The van der Waals surface area contributed by atoms with Gasteiger partial charge in [0.2, 0.25) is 5.91 Å². The van der Waals surface area contributed by atoms with Crippen LogP contribution in [0.25, 0.3) is 0 Å². The van der Waals surface area contributed by atoms with Crippen molar-refractivity contribution in [1.82, 2.24) is 15.6 Å². The van der Waals surface area contributed by atoms with Crippen molar-refractivity contribution in [3.05, 3.63) is 16.6 Å². The quantitative estimate of drug-likeness (QED) is 0.646. The van der Waals surface area contributed by atoms with Gasteiger partial charge in [-0.2, -0.15) is 0 Å². The molecule has 0 unspecified atom stereocenters. The Morgan fingerprint density at radius 2 is 2.53 bits per heavy atom. The zero-order valence-corrected chi connectivity index (χ0v) is 9.47. The van der Waals surface area contributed by atoms with Gasteiger partial charge in [-0.15, -0.1) is 11.3 Å². The predicted octanol–water partition coefficient (Wildman–Crippen LogP) is -0.00470. The summed E-state index contributed by atoms with van der Waals surface area (Å²) in [4.78, 5) is 15.3. The molecule has 0 saturated carbocycles. The zero-order chi connectivity index (χ0) is 10.9. The van der Waals surface area contributed by atoms with Gasteiger partial charge < -0.3 is 15.4 Å². The summed E-state index contributed by atoms with van der Waals surface area (Å²) in [5, 5.41) is 8.63. The molecule has 1 heterocycles. The van der Waals surface area contributed by atoms with Crippen molar-refractivity contribution in [3.8, 4) is 0 Å². The fourth-order valence-electron chi connectivity index (χ4n) is 0.978. The van der Waals surface area contributed by atoms with E-state index < -0.39 is 0 Å². The highest BCUT2D eigenvalue weighted by atomic mass is 32.1. The molecule has 0 bridgehead atoms. The minimum absolute atomic E-state index is 0.0244. The van der Waals surface area contributed by atoms with E-state index in [-0.39, 0.29) is 5.91 Å². The highest BCUT2D eigenvalue weighted by molar-refractivity contribution is 7.09. The summed E-state index contributed by atoms with van der Waals surface area (Å²) in [5.74, 6) is -0.0244. The van der Waals surface area contributed by atoms with Crippen LogP contribution in [0.2, 0.25) is 0 Å². The number of hydrogen-bond acceptors (Lipinski definition) is 5. The molecule has 0 aliphatic carbocycles. The van der Waals surface area contributed by atoms with E-state index in [1.54, 1.807) is 24.6 Å². The van der Waals surface area contributed by atoms with Crippen LogP contribution in [0.4, 0.5) is 0 Å². The Hall–Kier alpha value is -0.980. The summed E-state index contributed by atoms with van der Waals surface area (Å²) in [7, 11) is 1.60. The Kier molecular flexibility index (Phi) is 5.91. The first-order valence-corrected chi connectivity index (χ1v) is 5.55. The molecule has 0 aromatic carbocycles. The lowest BCUT2D eigenvalue weighted by molar-refractivity contribution is -0.120. The van der Waals surface area contributed by atoms with Crippen molar-refractivity contribution in [3.63, 3.8) is 0 Å². The summed E-state index contributed by atoms with van der Waals surface area (Å²) in [6, 6.07) is 0. The van der Waals surface area contributed by atoms with Crippen LogP contribution >= 0.6 is 11.3 Å². The molecular formula is C9H15N3O2S. The van der Waals surface area contributed by atoms with Gasteiger partial charge in [-0.05, 0) is 0 Å². The molecule has 5 nitrogen and oxygen atoms in total. The molecule has 0 fully saturated rings. The summed E-state index contributed by atoms with van der Waals surface area (Å²) in [6.07, 6.45) is 1.75. The molecule has 0 atom stereocenters. The van der Waals surface area contributed by atoms with Crippen LogP contribution in [0, 0.1) is 0 Å². The van der Waals surface area contributed by atoms with E-state index >= 15 is 0 Å². The number of aromatic nitrogens is 1. The highest BCUT2D eigenvalue weighted by Crippen LogP contribution is 2.01. The standard InChI is InChI=1S/C9H15N3O2S/c1-14-4-2-11-8(13)6-10-7-9-12-3-5-15-9/h3,5,10H,2,4,6-7H2,1H3,(H,11,13). The van der Waals surface area contributed by atoms with Crippen molar-refractivity contribution in [2.75, 3.05) is 26.8 Å². The molecule has 0 aliphatic heterocycles. The van der Waals surface area contributed by atoms with Gasteiger partial charge in [0.15, 0.2) is 0 Å². The maximum Gasteiger partial charge on any atom is 0.234 e. The largest absolute Gasteiger partial charge is 0.383 e. The number of nitrogens with zero attached hydrogens (tertiary/aromatic N) is 1. The molecule has 0 radical (unpaired) electrons. The topological polar surface area (TPSA) is 63.2 Å². The van der Waals surface area contributed by atoms with Gasteiger partial charge in [-0.3, -0.25) is 4.79 Å². The van der Waals surface area contributed by atoms with E-state index in [9.17, 15) is 4.79 Å². The average molecular weight is 229 g/mol. The number of carbonyl (C=O) groups excluding carboxylic acids is 1. The van der Waals surface area contributed by atoms with Gasteiger partial charge in [0.05, 0.1) is 13.2 Å². The van der Waals surface area contributed by atoms with E-state index in [4.69, 9.17) is 4.74 Å². The van der Waals surface area contributed by atoms with E-state index in [1.165, 1.54) is 0 Å². The zero-order valence-electron chi connectivity index (χ0n) is 8.66. The van der Waals surface area contributed by atoms with Gasteiger partial charge in [0, 0.05) is 31.8 Å². The minimum atomic E-state index is -0.0244. The Morgan fingerprint density at radius 1 is 1.67 bits per heavy atom. The summed E-state index contributed by atoms with van der Waals surface area (Å²) >= 11 is 1.57. The number of amides is 1. The monoisotopic (exact) mass is 229 g/mol. The van der Waals surface area contributed by atoms with Crippen molar-refractivity contribution >= 4 is 17.2 Å². The molecule has 1 aromatic heterocycles. The van der Waals surface area contributed by atoms with Crippen LogP contribution in [0.3, 0.4) is 0 Å². The van der Waals surface area contributed by atoms with Gasteiger partial charge in [-0.25, -0.2) is 4.98 Å². The Morgan fingerprint density at radius 3 is 3.20 bits per heavy atom. The van der Waals surface area contributed by atoms with Crippen molar-refractivity contribution in [1.29, 1.82) is 0 Å². The number of ether oxygens (including phenoxy) is 1. The van der Waals surface area contributed by atoms with Crippen molar-refractivity contribution < 1.29 is 9.53 Å². The third-order valence-corrected chi connectivity index (χ3v) is 2.45. The van der Waals surface area contributed by atoms with Gasteiger partial charge in [0.25, 0.3) is 0 Å². The molecule has 0 saturated heterocycles. The molecule has 1 amide bonds. The first kappa shape index (κ1) is 12.1. The fourth-order valence-corrected chi connectivity index (χ4v) is 1.56. The summed E-state index contributed by atoms with van der Waals surface area (Å²) < 4.78 is 4.81. The second kappa shape index (κ2) is 7.33. The Balaban J connectivity index is 2.02. The first-order chi connectivity index (χ1) is 7.33. The first-order valence-electron chi connectivity index (χ1n) is 4.67. The Labute approximate surface area is 92.9 Å². The average Bonchev–Trinajstić information content (AvgIpc) is 2.71. The van der Waals surface area contributed by atoms with E-state index in [1.807, 2.05) is 5.38 Å². The molecule has 0 aliphatic rings. The van der Waals surface area contributed by atoms with Gasteiger partial charge >= 0.3 is 0 Å². The summed E-state index contributed by atoms with van der Waals surface area (Å²) in [5.41, 5.74) is 0. The number of hydrogen-bond donors (Lipinski definition) is 2. The van der Waals surface area contributed by atoms with Gasteiger partial charge in [0.1, 0.15) is 5.01 Å². The smallest absolute Gasteiger partial charge is 0.234 e. The molecular weight excluding hydrogens is 214 g/mol. The van der Waals surface area contributed by atoms with Crippen LogP contribution in [0.5, 0.6) is 0 Å². The predicted molar refractivity (Wildman–Crippen MR) is 58.7 cm³/mol. The summed E-state index contributed by atoms with van der Waals surface area (Å²) in [6.45, 7) is 2.03. The number of rotatable bonds is 7. The van der Waals surface area contributed by atoms with E-state index in [0.29, 0.717) is 26.2 Å². The number of thiazole rings is 1. The maximum atomic E-state index is 11.2. The number of methoxy groups -OCH3 is 1. The third-order valence-electron chi connectivity index (χ3n) is 1.67. The molecule has 6 heteroatoms. The SMILES string of the molecule is COCCNC(=O)CNCc1nccs1. The van der Waals surface area contributed by atoms with Crippen LogP contribution in [-0.4, -0.2) is 37.7 Å². The molecule has 2 N–H and O–H groups in total. The normalized spacial score (nSPS) is 10.2. The van der Waals surface area contributed by atoms with Crippen LogP contribution in [-0.2, 0) is 16.1 Å². The number of carbonyl (C=O) groups is 1. The second-order valence-corrected chi connectivity index (χ2v) is 3.85. The second-order valence-electron chi connectivity index (χ2n) is 2.87. The lowest BCUT2D eigenvalue weighted by Crippen LogP contribution is -2.35. The lowest BCUT2D eigenvalue weighted by atomic mass is 10.5. The number of nitrogens with one attached hydrogen (secondary N) is 2. The fraction of sp³-hybridized carbons (Fsp3) is 0.556. The van der Waals surface area contributed by atoms with Crippen LogP contribution in [0.15, 0.2) is 11.6 Å². The molecule has 0 spiro atoms. The molecule has 15 heavy (non-hydrogen) atoms. The van der Waals surface area contributed by atoms with Crippen LogP contribution < -0.4 is 10.6 Å². The Bertz CT molecular complexity index is 277. The third kappa shape index (κ3) is 5.46. The minimum Gasteiger partial charge on any atom is -0.383 e. The molecule has 1 aromatic rings. The van der Waals surface area contributed by atoms with Crippen LogP contribution in [0.1, 0.15) is 5.01 Å². The lowest BCUT2D eigenvalue weighted by Gasteiger charge is -2.04. The van der Waals surface area contributed by atoms with E-state index in [2.05, 4.69) is 15.6 Å². The molecule has 84 valence electrons.